The van der Waals surface area contributed by atoms with Crippen molar-refractivity contribution in [1.82, 2.24) is 9.88 Å². The molecule has 1 aliphatic rings. The molecule has 88 valence electrons. The van der Waals surface area contributed by atoms with Gasteiger partial charge in [-0.25, -0.2) is 0 Å². The van der Waals surface area contributed by atoms with E-state index in [0.717, 1.165) is 18.8 Å². The number of nitrogens with zero attached hydrogens (tertiary/aromatic N) is 2. The summed E-state index contributed by atoms with van der Waals surface area (Å²) in [4.78, 5) is 6.76. The van der Waals surface area contributed by atoms with Gasteiger partial charge >= 0.3 is 0 Å². The van der Waals surface area contributed by atoms with Crippen molar-refractivity contribution in [2.45, 2.75) is 32.9 Å². The fourth-order valence-corrected chi connectivity index (χ4v) is 2.46. The van der Waals surface area contributed by atoms with E-state index in [0.29, 0.717) is 12.0 Å². The van der Waals surface area contributed by atoms with E-state index in [1.807, 2.05) is 12.3 Å². The Labute approximate surface area is 97.1 Å². The van der Waals surface area contributed by atoms with Crippen LogP contribution in [-0.4, -0.2) is 34.2 Å². The summed E-state index contributed by atoms with van der Waals surface area (Å²) in [5.74, 6) is 0.592. The first kappa shape index (κ1) is 11.6. The first-order valence-corrected chi connectivity index (χ1v) is 5.97. The van der Waals surface area contributed by atoms with Crippen LogP contribution >= 0.6 is 0 Å². The molecule has 16 heavy (non-hydrogen) atoms. The minimum Gasteiger partial charge on any atom is -0.395 e. The molecule has 0 aromatic carbocycles. The molecule has 2 heterocycles. The molecule has 1 aromatic rings. The summed E-state index contributed by atoms with van der Waals surface area (Å²) in [5, 5.41) is 9.39. The zero-order valence-corrected chi connectivity index (χ0v) is 10.1. The quantitative estimate of drug-likeness (QED) is 0.840. The first-order chi connectivity index (χ1) is 7.72. The zero-order chi connectivity index (χ0) is 11.5. The topological polar surface area (TPSA) is 36.4 Å². The molecule has 0 saturated carbocycles. The molecule has 0 radical (unpaired) electrons. The van der Waals surface area contributed by atoms with Crippen LogP contribution in [-0.2, 0) is 6.54 Å². The Morgan fingerprint density at radius 2 is 2.38 bits per heavy atom. The molecule has 2 atom stereocenters. The smallest absolute Gasteiger partial charge is 0.0589 e. The molecule has 2 rings (SSSR count). The van der Waals surface area contributed by atoms with E-state index in [1.54, 1.807) is 0 Å². The van der Waals surface area contributed by atoms with Gasteiger partial charge in [-0.3, -0.25) is 9.88 Å². The summed E-state index contributed by atoms with van der Waals surface area (Å²) in [6, 6.07) is 4.37. The van der Waals surface area contributed by atoms with Crippen LogP contribution < -0.4 is 0 Å². The third kappa shape index (κ3) is 2.25. The largest absolute Gasteiger partial charge is 0.395 e. The second-order valence-electron chi connectivity index (χ2n) is 4.75. The lowest BCUT2D eigenvalue weighted by Gasteiger charge is -2.25. The molecule has 1 N–H and O–H groups in total. The molecular formula is C13H20N2O. The van der Waals surface area contributed by atoms with Gasteiger partial charge in [0.15, 0.2) is 0 Å². The predicted octanol–water partition coefficient (Wildman–Crippen LogP) is 1.59. The van der Waals surface area contributed by atoms with Crippen LogP contribution in [0.2, 0.25) is 0 Å². The summed E-state index contributed by atoms with van der Waals surface area (Å²) < 4.78 is 0. The normalized spacial score (nSPS) is 26.2. The molecule has 0 spiro atoms. The first-order valence-electron chi connectivity index (χ1n) is 5.97. The van der Waals surface area contributed by atoms with Crippen molar-refractivity contribution in [3.8, 4) is 0 Å². The zero-order valence-electron chi connectivity index (χ0n) is 10.1. The van der Waals surface area contributed by atoms with Crippen LogP contribution in [0.3, 0.4) is 0 Å². The Morgan fingerprint density at radius 1 is 1.56 bits per heavy atom. The molecule has 1 saturated heterocycles. The number of aromatic nitrogens is 1. The average molecular weight is 220 g/mol. The number of aliphatic hydroxyl groups is 1. The van der Waals surface area contributed by atoms with Gasteiger partial charge < -0.3 is 5.11 Å². The number of aryl methyl sites for hydroxylation is 1. The molecular weight excluding hydrogens is 200 g/mol. The number of hydrogen-bond donors (Lipinski definition) is 1. The Balaban J connectivity index is 2.08. The number of pyridine rings is 1. The van der Waals surface area contributed by atoms with Crippen LogP contribution in [0.25, 0.3) is 0 Å². The molecule has 0 amide bonds. The van der Waals surface area contributed by atoms with Gasteiger partial charge in [0.05, 0.1) is 12.3 Å². The summed E-state index contributed by atoms with van der Waals surface area (Å²) in [6.45, 7) is 6.50. The third-order valence-electron chi connectivity index (χ3n) is 3.66. The third-order valence-corrected chi connectivity index (χ3v) is 3.66. The highest BCUT2D eigenvalue weighted by Crippen LogP contribution is 2.25. The van der Waals surface area contributed by atoms with E-state index in [-0.39, 0.29) is 6.61 Å². The summed E-state index contributed by atoms with van der Waals surface area (Å²) in [7, 11) is 0. The van der Waals surface area contributed by atoms with Crippen molar-refractivity contribution < 1.29 is 5.11 Å². The fraction of sp³-hybridized carbons (Fsp3) is 0.615. The Morgan fingerprint density at radius 3 is 3.06 bits per heavy atom. The van der Waals surface area contributed by atoms with Gasteiger partial charge in [-0.2, -0.15) is 0 Å². The minimum absolute atomic E-state index is 0.257. The number of rotatable bonds is 3. The van der Waals surface area contributed by atoms with Crippen LogP contribution in [0, 0.1) is 12.8 Å². The van der Waals surface area contributed by atoms with E-state index < -0.39 is 0 Å². The van der Waals surface area contributed by atoms with Crippen LogP contribution in [0.4, 0.5) is 0 Å². The molecule has 3 nitrogen and oxygen atoms in total. The summed E-state index contributed by atoms with van der Waals surface area (Å²) >= 11 is 0. The van der Waals surface area contributed by atoms with Gasteiger partial charge in [0.2, 0.25) is 0 Å². The molecule has 3 heteroatoms. The summed E-state index contributed by atoms with van der Waals surface area (Å²) in [5.41, 5.74) is 2.37. The maximum Gasteiger partial charge on any atom is 0.0589 e. The summed E-state index contributed by atoms with van der Waals surface area (Å²) in [6.07, 6.45) is 3.02. The van der Waals surface area contributed by atoms with Crippen LogP contribution in [0.5, 0.6) is 0 Å². The highest BCUT2D eigenvalue weighted by Gasteiger charge is 2.30. The Hall–Kier alpha value is -0.930. The standard InChI is InChI=1S/C13H20N2O/c1-10-4-3-6-14-12(10)8-15-7-5-11(2)13(15)9-16/h3-4,6,11,13,16H,5,7-9H2,1-2H3. The number of aliphatic hydroxyl groups excluding tert-OH is 1. The molecule has 1 aliphatic heterocycles. The van der Waals surface area contributed by atoms with E-state index in [2.05, 4.69) is 29.8 Å². The van der Waals surface area contributed by atoms with Crippen LogP contribution in [0.15, 0.2) is 18.3 Å². The lowest BCUT2D eigenvalue weighted by Crippen LogP contribution is -2.35. The lowest BCUT2D eigenvalue weighted by molar-refractivity contribution is 0.133. The van der Waals surface area contributed by atoms with Gasteiger partial charge in [0, 0.05) is 18.8 Å². The molecule has 0 bridgehead atoms. The maximum absolute atomic E-state index is 9.39. The highest BCUT2D eigenvalue weighted by atomic mass is 16.3. The lowest BCUT2D eigenvalue weighted by atomic mass is 10.0. The van der Waals surface area contributed by atoms with Crippen molar-refractivity contribution in [3.63, 3.8) is 0 Å². The van der Waals surface area contributed by atoms with Gasteiger partial charge in [-0.15, -0.1) is 0 Å². The fourth-order valence-electron chi connectivity index (χ4n) is 2.46. The maximum atomic E-state index is 9.39. The van der Waals surface area contributed by atoms with E-state index in [9.17, 15) is 5.11 Å². The van der Waals surface area contributed by atoms with E-state index in [1.165, 1.54) is 12.0 Å². The SMILES string of the molecule is Cc1cccnc1CN1CCC(C)C1CO. The minimum atomic E-state index is 0.257. The number of hydrogen-bond acceptors (Lipinski definition) is 3. The number of likely N-dealkylation sites (tertiary alicyclic amines) is 1. The van der Waals surface area contributed by atoms with E-state index in [4.69, 9.17) is 0 Å². The van der Waals surface area contributed by atoms with E-state index >= 15 is 0 Å². The Kier molecular flexibility index (Phi) is 3.56. The van der Waals surface area contributed by atoms with Crippen LogP contribution in [0.1, 0.15) is 24.6 Å². The molecule has 0 aliphatic carbocycles. The molecule has 1 aromatic heterocycles. The van der Waals surface area contributed by atoms with Crippen molar-refractivity contribution in [1.29, 1.82) is 0 Å². The molecule has 2 unspecified atom stereocenters. The van der Waals surface area contributed by atoms with Gasteiger partial charge in [-0.1, -0.05) is 13.0 Å². The predicted molar refractivity (Wildman–Crippen MR) is 64.0 cm³/mol. The average Bonchev–Trinajstić information content (AvgIpc) is 2.63. The van der Waals surface area contributed by atoms with Gasteiger partial charge in [0.25, 0.3) is 0 Å². The van der Waals surface area contributed by atoms with Crippen molar-refractivity contribution in [2.24, 2.45) is 5.92 Å². The highest BCUT2D eigenvalue weighted by molar-refractivity contribution is 5.17. The monoisotopic (exact) mass is 220 g/mol. The Bertz CT molecular complexity index is 354. The van der Waals surface area contributed by atoms with Crippen molar-refractivity contribution in [2.75, 3.05) is 13.2 Å². The second kappa shape index (κ2) is 4.93. The van der Waals surface area contributed by atoms with Crippen molar-refractivity contribution in [3.05, 3.63) is 29.6 Å². The second-order valence-corrected chi connectivity index (χ2v) is 4.75. The molecule has 1 fully saturated rings. The van der Waals surface area contributed by atoms with Gasteiger partial charge in [0.1, 0.15) is 0 Å². The van der Waals surface area contributed by atoms with Gasteiger partial charge in [-0.05, 0) is 37.4 Å². The van der Waals surface area contributed by atoms with Crippen molar-refractivity contribution >= 4 is 0 Å².